The fourth-order valence-corrected chi connectivity index (χ4v) is 1.81. The molecular weight excluding hydrogens is 252 g/mol. The second-order valence-corrected chi connectivity index (χ2v) is 4.24. The van der Waals surface area contributed by atoms with Gasteiger partial charge in [0.1, 0.15) is 24.2 Å². The highest BCUT2D eigenvalue weighted by Gasteiger charge is 2.10. The average molecular weight is 268 g/mol. The van der Waals surface area contributed by atoms with Crippen molar-refractivity contribution in [1.82, 2.24) is 0 Å². The third-order valence-corrected chi connectivity index (χ3v) is 2.92. The van der Waals surface area contributed by atoms with Crippen LogP contribution in [0.25, 0.3) is 0 Å². The summed E-state index contributed by atoms with van der Waals surface area (Å²) in [6.07, 6.45) is 4.29. The lowest BCUT2D eigenvalue weighted by Crippen LogP contribution is -2.01. The maximum atomic E-state index is 9.74. The Morgan fingerprint density at radius 2 is 1.85 bits per heavy atom. The third-order valence-electron chi connectivity index (χ3n) is 2.92. The van der Waals surface area contributed by atoms with Crippen LogP contribution in [0.2, 0.25) is 0 Å². The van der Waals surface area contributed by atoms with Gasteiger partial charge in [0.25, 0.3) is 0 Å². The highest BCUT2D eigenvalue weighted by atomic mass is 16.5. The van der Waals surface area contributed by atoms with E-state index < -0.39 is 6.10 Å². The van der Waals surface area contributed by atoms with Gasteiger partial charge >= 0.3 is 0 Å². The lowest BCUT2D eigenvalue weighted by atomic mass is 10.1. The van der Waals surface area contributed by atoms with Gasteiger partial charge in [-0.15, -0.1) is 6.42 Å². The van der Waals surface area contributed by atoms with E-state index >= 15 is 0 Å². The molecule has 0 aliphatic rings. The average Bonchev–Trinajstić information content (AvgIpc) is 2.53. The minimum Gasteiger partial charge on any atom is -0.497 e. The van der Waals surface area contributed by atoms with E-state index in [4.69, 9.17) is 15.9 Å². The number of para-hydroxylation sites is 1. The number of hydrogen-bond acceptors (Lipinski definition) is 3. The summed E-state index contributed by atoms with van der Waals surface area (Å²) in [7, 11) is 1.63. The molecule has 3 heteroatoms. The number of aliphatic hydroxyl groups is 1. The first kappa shape index (κ1) is 14.0. The highest BCUT2D eigenvalue weighted by Crippen LogP contribution is 2.25. The van der Waals surface area contributed by atoms with Crippen LogP contribution in [0.3, 0.4) is 0 Å². The minimum atomic E-state index is -0.956. The van der Waals surface area contributed by atoms with Crippen molar-refractivity contribution in [2.24, 2.45) is 0 Å². The molecule has 0 aliphatic heterocycles. The van der Waals surface area contributed by atoms with Crippen molar-refractivity contribution in [3.8, 4) is 23.8 Å². The molecule has 2 rings (SSSR count). The molecule has 0 saturated carbocycles. The molecule has 1 atom stereocenters. The van der Waals surface area contributed by atoms with Crippen molar-refractivity contribution < 1.29 is 14.6 Å². The van der Waals surface area contributed by atoms with Crippen molar-refractivity contribution in [3.05, 3.63) is 59.7 Å². The number of ether oxygens (including phenoxy) is 2. The van der Waals surface area contributed by atoms with Crippen LogP contribution in [-0.2, 0) is 6.61 Å². The van der Waals surface area contributed by atoms with Gasteiger partial charge in [0.05, 0.1) is 7.11 Å². The Kier molecular flexibility index (Phi) is 4.65. The molecule has 0 aliphatic carbocycles. The molecule has 0 aromatic heterocycles. The SMILES string of the molecule is C#CC(O)c1ccccc1OCc1ccc(OC)cc1. The van der Waals surface area contributed by atoms with Crippen LogP contribution < -0.4 is 9.47 Å². The fraction of sp³-hybridized carbons (Fsp3) is 0.176. The van der Waals surface area contributed by atoms with Gasteiger partial charge in [-0.3, -0.25) is 0 Å². The molecule has 0 amide bonds. The molecule has 1 unspecified atom stereocenters. The smallest absolute Gasteiger partial charge is 0.143 e. The first-order chi connectivity index (χ1) is 9.74. The van der Waals surface area contributed by atoms with E-state index in [0.29, 0.717) is 17.9 Å². The Hall–Kier alpha value is -2.44. The zero-order valence-electron chi connectivity index (χ0n) is 11.2. The van der Waals surface area contributed by atoms with Gasteiger partial charge in [0.2, 0.25) is 0 Å². The van der Waals surface area contributed by atoms with Gasteiger partial charge in [-0.2, -0.15) is 0 Å². The second-order valence-electron chi connectivity index (χ2n) is 4.24. The van der Waals surface area contributed by atoms with Crippen LogP contribution in [0.5, 0.6) is 11.5 Å². The number of rotatable bonds is 5. The van der Waals surface area contributed by atoms with Crippen molar-refractivity contribution in [1.29, 1.82) is 0 Å². The third kappa shape index (κ3) is 3.31. The van der Waals surface area contributed by atoms with Crippen LogP contribution in [0, 0.1) is 12.3 Å². The van der Waals surface area contributed by atoms with Crippen LogP contribution in [-0.4, -0.2) is 12.2 Å². The van der Waals surface area contributed by atoms with Gasteiger partial charge in [-0.25, -0.2) is 0 Å². The number of methoxy groups -OCH3 is 1. The Morgan fingerprint density at radius 3 is 2.50 bits per heavy atom. The van der Waals surface area contributed by atoms with E-state index in [1.165, 1.54) is 0 Å². The van der Waals surface area contributed by atoms with E-state index in [1.807, 2.05) is 36.4 Å². The molecule has 0 radical (unpaired) electrons. The lowest BCUT2D eigenvalue weighted by Gasteiger charge is -2.13. The van der Waals surface area contributed by atoms with Crippen molar-refractivity contribution >= 4 is 0 Å². The van der Waals surface area contributed by atoms with Crippen LogP contribution >= 0.6 is 0 Å². The molecular formula is C17H16O3. The summed E-state index contributed by atoms with van der Waals surface area (Å²) in [6.45, 7) is 0.401. The first-order valence-corrected chi connectivity index (χ1v) is 6.23. The zero-order valence-corrected chi connectivity index (χ0v) is 11.2. The number of aliphatic hydroxyl groups excluding tert-OH is 1. The predicted molar refractivity (Wildman–Crippen MR) is 77.6 cm³/mol. The van der Waals surface area contributed by atoms with E-state index in [2.05, 4.69) is 5.92 Å². The van der Waals surface area contributed by atoms with Gasteiger partial charge in [-0.05, 0) is 23.8 Å². The highest BCUT2D eigenvalue weighted by molar-refractivity contribution is 5.38. The molecule has 1 N–H and O–H groups in total. The van der Waals surface area contributed by atoms with Gasteiger partial charge in [-0.1, -0.05) is 36.3 Å². The summed E-state index contributed by atoms with van der Waals surface area (Å²) in [5, 5.41) is 9.74. The topological polar surface area (TPSA) is 38.7 Å². The maximum Gasteiger partial charge on any atom is 0.143 e. The zero-order chi connectivity index (χ0) is 14.4. The number of benzene rings is 2. The van der Waals surface area contributed by atoms with Crippen LogP contribution in [0.4, 0.5) is 0 Å². The van der Waals surface area contributed by atoms with Crippen LogP contribution in [0.15, 0.2) is 48.5 Å². The van der Waals surface area contributed by atoms with Crippen LogP contribution in [0.1, 0.15) is 17.2 Å². The molecule has 2 aromatic carbocycles. The number of hydrogen-bond donors (Lipinski definition) is 1. The fourth-order valence-electron chi connectivity index (χ4n) is 1.81. The second kappa shape index (κ2) is 6.65. The molecule has 0 spiro atoms. The maximum absolute atomic E-state index is 9.74. The normalized spacial score (nSPS) is 11.4. The Balaban J connectivity index is 2.09. The van der Waals surface area contributed by atoms with Gasteiger partial charge in [0, 0.05) is 5.56 Å². The van der Waals surface area contributed by atoms with E-state index in [0.717, 1.165) is 11.3 Å². The van der Waals surface area contributed by atoms with Gasteiger partial charge < -0.3 is 14.6 Å². The standard InChI is InChI=1S/C17H16O3/c1-3-16(18)15-6-4-5-7-17(15)20-12-13-8-10-14(19-2)11-9-13/h1,4-11,16,18H,12H2,2H3. The molecule has 20 heavy (non-hydrogen) atoms. The van der Waals surface area contributed by atoms with Crippen molar-refractivity contribution in [3.63, 3.8) is 0 Å². The summed E-state index contributed by atoms with van der Waals surface area (Å²) in [5.41, 5.74) is 1.61. The Morgan fingerprint density at radius 1 is 1.15 bits per heavy atom. The molecule has 0 fully saturated rings. The van der Waals surface area contributed by atoms with E-state index in [9.17, 15) is 5.11 Å². The summed E-state index contributed by atoms with van der Waals surface area (Å²) in [4.78, 5) is 0. The van der Waals surface area contributed by atoms with Crippen molar-refractivity contribution in [2.45, 2.75) is 12.7 Å². The predicted octanol–water partition coefficient (Wildman–Crippen LogP) is 2.94. The molecule has 3 nitrogen and oxygen atoms in total. The quantitative estimate of drug-likeness (QED) is 0.847. The molecule has 2 aromatic rings. The van der Waals surface area contributed by atoms with Crippen molar-refractivity contribution in [2.75, 3.05) is 7.11 Å². The van der Waals surface area contributed by atoms with Gasteiger partial charge in [0.15, 0.2) is 0 Å². The molecule has 102 valence electrons. The largest absolute Gasteiger partial charge is 0.497 e. The minimum absolute atomic E-state index is 0.401. The summed E-state index contributed by atoms with van der Waals surface area (Å²) >= 11 is 0. The lowest BCUT2D eigenvalue weighted by molar-refractivity contribution is 0.225. The molecule has 0 bridgehead atoms. The monoisotopic (exact) mass is 268 g/mol. The molecule has 0 heterocycles. The summed E-state index contributed by atoms with van der Waals surface area (Å²) < 4.78 is 10.8. The number of terminal acetylenes is 1. The Bertz CT molecular complexity index is 596. The molecule has 0 saturated heterocycles. The van der Waals surface area contributed by atoms with E-state index in [-0.39, 0.29) is 0 Å². The van der Waals surface area contributed by atoms with E-state index in [1.54, 1.807) is 19.2 Å². The summed E-state index contributed by atoms with van der Waals surface area (Å²) in [6, 6.07) is 14.8. The summed E-state index contributed by atoms with van der Waals surface area (Å²) in [5.74, 6) is 3.69. The Labute approximate surface area is 118 Å². The first-order valence-electron chi connectivity index (χ1n) is 6.23.